The maximum Gasteiger partial charge on any atom is 0.139 e. The molecular formula is C16H19N3O. The minimum absolute atomic E-state index is 0.139. The number of benzene rings is 1. The smallest absolute Gasteiger partial charge is 0.139 e. The number of ether oxygens (including phenoxy) is 1. The number of para-hydroxylation sites is 1. The van der Waals surface area contributed by atoms with E-state index in [-0.39, 0.29) is 12.0 Å². The Hall–Kier alpha value is -1.94. The third-order valence-corrected chi connectivity index (χ3v) is 3.76. The van der Waals surface area contributed by atoms with Crippen molar-refractivity contribution in [2.24, 2.45) is 5.73 Å². The molecule has 4 nitrogen and oxygen atoms in total. The molecule has 0 spiro atoms. The van der Waals surface area contributed by atoms with Crippen LogP contribution in [0.3, 0.4) is 0 Å². The Labute approximate surface area is 119 Å². The first kappa shape index (κ1) is 13.1. The molecule has 0 fully saturated rings. The predicted molar refractivity (Wildman–Crippen MR) is 77.8 cm³/mol. The summed E-state index contributed by atoms with van der Waals surface area (Å²) in [7, 11) is 0. The lowest BCUT2D eigenvalue weighted by molar-refractivity contribution is 0.339. The number of aromatic nitrogens is 2. The summed E-state index contributed by atoms with van der Waals surface area (Å²) in [6.45, 7) is 2.71. The van der Waals surface area contributed by atoms with Crippen molar-refractivity contribution < 1.29 is 4.74 Å². The van der Waals surface area contributed by atoms with Gasteiger partial charge in [-0.1, -0.05) is 25.1 Å². The highest BCUT2D eigenvalue weighted by molar-refractivity contribution is 5.42. The van der Waals surface area contributed by atoms with Crippen LogP contribution in [0.2, 0.25) is 0 Å². The highest BCUT2D eigenvalue weighted by atomic mass is 16.5. The van der Waals surface area contributed by atoms with Gasteiger partial charge >= 0.3 is 0 Å². The molecule has 1 aliphatic heterocycles. The molecule has 0 saturated heterocycles. The van der Waals surface area contributed by atoms with Gasteiger partial charge in [-0.05, 0) is 24.5 Å². The first-order chi connectivity index (χ1) is 9.78. The number of nitrogens with two attached hydrogens (primary N) is 1. The summed E-state index contributed by atoms with van der Waals surface area (Å²) in [4.78, 5) is 9.00. The quantitative estimate of drug-likeness (QED) is 0.925. The van der Waals surface area contributed by atoms with E-state index in [0.29, 0.717) is 6.61 Å². The average Bonchev–Trinajstić information content (AvgIpc) is 2.92. The molecule has 2 unspecified atom stereocenters. The van der Waals surface area contributed by atoms with Gasteiger partial charge in [0.1, 0.15) is 18.2 Å². The Balaban J connectivity index is 1.79. The highest BCUT2D eigenvalue weighted by Gasteiger charge is 2.27. The molecule has 1 aromatic carbocycles. The summed E-state index contributed by atoms with van der Waals surface area (Å²) in [5.41, 5.74) is 8.22. The van der Waals surface area contributed by atoms with E-state index in [9.17, 15) is 0 Å². The predicted octanol–water partition coefficient (Wildman–Crippen LogP) is 2.28. The third-order valence-electron chi connectivity index (χ3n) is 3.76. The fraction of sp³-hybridized carbons (Fsp3) is 0.375. The van der Waals surface area contributed by atoms with Gasteiger partial charge in [-0.15, -0.1) is 0 Å². The van der Waals surface area contributed by atoms with Crippen LogP contribution in [0.25, 0.3) is 0 Å². The first-order valence-electron chi connectivity index (χ1n) is 7.06. The Kier molecular flexibility index (Phi) is 3.65. The van der Waals surface area contributed by atoms with Crippen LogP contribution in [-0.4, -0.2) is 22.6 Å². The summed E-state index contributed by atoms with van der Waals surface area (Å²) >= 11 is 0. The maximum absolute atomic E-state index is 5.95. The summed E-state index contributed by atoms with van der Waals surface area (Å²) in [5, 5.41) is 0. The summed E-state index contributed by atoms with van der Waals surface area (Å²) in [5.74, 6) is 1.90. The maximum atomic E-state index is 5.95. The minimum atomic E-state index is 0.139. The lowest BCUT2D eigenvalue weighted by Gasteiger charge is -2.10. The van der Waals surface area contributed by atoms with Crippen LogP contribution in [0.1, 0.15) is 36.2 Å². The van der Waals surface area contributed by atoms with E-state index in [1.807, 2.05) is 30.6 Å². The van der Waals surface area contributed by atoms with Gasteiger partial charge in [0.15, 0.2) is 0 Å². The second-order valence-corrected chi connectivity index (χ2v) is 5.22. The van der Waals surface area contributed by atoms with Crippen LogP contribution in [0, 0.1) is 0 Å². The van der Waals surface area contributed by atoms with Gasteiger partial charge in [0.25, 0.3) is 0 Å². The summed E-state index contributed by atoms with van der Waals surface area (Å²) in [6, 6.07) is 8.26. The van der Waals surface area contributed by atoms with Gasteiger partial charge in [-0.25, -0.2) is 9.97 Å². The molecule has 3 rings (SSSR count). The molecule has 104 valence electrons. The molecule has 20 heavy (non-hydrogen) atoms. The zero-order chi connectivity index (χ0) is 13.9. The lowest BCUT2D eigenvalue weighted by Crippen LogP contribution is -2.21. The Bertz CT molecular complexity index is 583. The number of nitrogens with zero attached hydrogens (tertiary/aromatic N) is 2. The van der Waals surface area contributed by atoms with Crippen molar-refractivity contribution in [3.8, 4) is 5.75 Å². The number of hydrogen-bond donors (Lipinski definition) is 1. The van der Waals surface area contributed by atoms with Crippen molar-refractivity contribution in [2.75, 3.05) is 6.61 Å². The monoisotopic (exact) mass is 269 g/mol. The molecule has 2 heterocycles. The fourth-order valence-corrected chi connectivity index (χ4v) is 2.47. The zero-order valence-corrected chi connectivity index (χ0v) is 11.6. The fourth-order valence-electron chi connectivity index (χ4n) is 2.47. The molecule has 4 heteroatoms. The van der Waals surface area contributed by atoms with E-state index in [2.05, 4.69) is 23.0 Å². The van der Waals surface area contributed by atoms with Crippen LogP contribution < -0.4 is 10.5 Å². The van der Waals surface area contributed by atoms with Gasteiger partial charge in [-0.3, -0.25) is 0 Å². The van der Waals surface area contributed by atoms with Crippen molar-refractivity contribution in [3.63, 3.8) is 0 Å². The van der Waals surface area contributed by atoms with Crippen LogP contribution in [0.5, 0.6) is 5.75 Å². The second-order valence-electron chi connectivity index (χ2n) is 5.22. The molecule has 1 aromatic heterocycles. The Morgan fingerprint density at radius 1 is 1.30 bits per heavy atom. The van der Waals surface area contributed by atoms with Crippen LogP contribution in [0.4, 0.5) is 0 Å². The van der Waals surface area contributed by atoms with E-state index in [1.54, 1.807) is 0 Å². The van der Waals surface area contributed by atoms with E-state index in [4.69, 9.17) is 10.5 Å². The molecule has 0 aliphatic carbocycles. The van der Waals surface area contributed by atoms with Gasteiger partial charge in [0, 0.05) is 24.0 Å². The topological polar surface area (TPSA) is 61.0 Å². The largest absolute Gasteiger partial charge is 0.492 e. The van der Waals surface area contributed by atoms with Crippen molar-refractivity contribution >= 4 is 0 Å². The van der Waals surface area contributed by atoms with Crippen molar-refractivity contribution in [2.45, 2.75) is 31.7 Å². The molecule has 0 bridgehead atoms. The lowest BCUT2D eigenvalue weighted by atomic mass is 10.0. The van der Waals surface area contributed by atoms with E-state index in [0.717, 1.165) is 30.0 Å². The molecule has 0 amide bonds. The average molecular weight is 269 g/mol. The minimum Gasteiger partial charge on any atom is -0.492 e. The van der Waals surface area contributed by atoms with Crippen molar-refractivity contribution in [3.05, 3.63) is 53.6 Å². The molecule has 2 N–H and O–H groups in total. The summed E-state index contributed by atoms with van der Waals surface area (Å²) < 4.78 is 5.68. The van der Waals surface area contributed by atoms with Crippen molar-refractivity contribution in [1.82, 2.24) is 9.97 Å². The van der Waals surface area contributed by atoms with Crippen LogP contribution in [-0.2, 0) is 6.42 Å². The number of rotatable bonds is 4. The molecule has 2 atom stereocenters. The van der Waals surface area contributed by atoms with E-state index < -0.39 is 0 Å². The van der Waals surface area contributed by atoms with E-state index >= 15 is 0 Å². The first-order valence-corrected chi connectivity index (χ1v) is 7.06. The van der Waals surface area contributed by atoms with Gasteiger partial charge in [0.2, 0.25) is 0 Å². The zero-order valence-electron chi connectivity index (χ0n) is 11.6. The molecule has 2 aromatic rings. The molecule has 1 aliphatic rings. The van der Waals surface area contributed by atoms with Crippen LogP contribution in [0.15, 0.2) is 36.7 Å². The normalized spacial score (nSPS) is 18.4. The van der Waals surface area contributed by atoms with Gasteiger partial charge in [-0.2, -0.15) is 0 Å². The van der Waals surface area contributed by atoms with Gasteiger partial charge < -0.3 is 10.5 Å². The van der Waals surface area contributed by atoms with E-state index in [1.165, 1.54) is 5.56 Å². The second kappa shape index (κ2) is 5.59. The van der Waals surface area contributed by atoms with Crippen LogP contribution >= 0.6 is 0 Å². The van der Waals surface area contributed by atoms with Crippen molar-refractivity contribution in [1.29, 1.82) is 0 Å². The molecule has 0 saturated carbocycles. The highest BCUT2D eigenvalue weighted by Crippen LogP contribution is 2.36. The third kappa shape index (κ3) is 2.51. The molecular weight excluding hydrogens is 250 g/mol. The SMILES string of the molecule is CCC(N)Cc1cnc(C2COc3ccccc32)nc1. The standard InChI is InChI=1S/C16H19N3O/c1-2-12(17)7-11-8-18-16(19-9-11)14-10-20-15-6-4-3-5-13(14)15/h3-6,8-9,12,14H,2,7,10,17H2,1H3. The Morgan fingerprint density at radius 2 is 2.05 bits per heavy atom. The summed E-state index contributed by atoms with van der Waals surface area (Å²) in [6.07, 6.45) is 5.57. The number of fused-ring (bicyclic) bond motifs is 1. The Morgan fingerprint density at radius 3 is 2.80 bits per heavy atom. The molecule has 0 radical (unpaired) electrons. The number of hydrogen-bond acceptors (Lipinski definition) is 4. The van der Waals surface area contributed by atoms with Gasteiger partial charge in [0.05, 0.1) is 5.92 Å².